The number of aromatic amines is 1. The highest BCUT2D eigenvalue weighted by molar-refractivity contribution is 5.81. The zero-order valence-corrected chi connectivity index (χ0v) is 12.9. The van der Waals surface area contributed by atoms with E-state index in [9.17, 15) is 9.59 Å². The molecule has 3 rings (SSSR count). The van der Waals surface area contributed by atoms with Crippen molar-refractivity contribution in [3.8, 4) is 11.4 Å². The fourth-order valence-corrected chi connectivity index (χ4v) is 2.52. The number of hydrogen-bond acceptors (Lipinski definition) is 4. The van der Waals surface area contributed by atoms with Crippen LogP contribution in [0.2, 0.25) is 0 Å². The van der Waals surface area contributed by atoms with Crippen LogP contribution in [0, 0.1) is 0 Å². The summed E-state index contributed by atoms with van der Waals surface area (Å²) in [5, 5.41) is 0. The summed E-state index contributed by atoms with van der Waals surface area (Å²) in [7, 11) is 6.94. The number of hydrogen-bond donors (Lipinski definition) is 1. The Hall–Kier alpha value is -2.83. The number of aryl methyl sites for hydroxylation is 1. The van der Waals surface area contributed by atoms with Crippen LogP contribution in [0.5, 0.6) is 0 Å². The lowest BCUT2D eigenvalue weighted by molar-refractivity contribution is 0.709. The minimum absolute atomic E-state index is 0.327. The molecule has 0 atom stereocenters. The van der Waals surface area contributed by atoms with Crippen molar-refractivity contribution in [1.29, 1.82) is 0 Å². The normalized spacial score (nSPS) is 11.1. The Balaban J connectivity index is 2.36. The van der Waals surface area contributed by atoms with E-state index < -0.39 is 5.69 Å². The van der Waals surface area contributed by atoms with Crippen LogP contribution in [0.15, 0.2) is 33.9 Å². The van der Waals surface area contributed by atoms with Gasteiger partial charge in [-0.05, 0) is 12.1 Å². The molecule has 22 heavy (non-hydrogen) atoms. The number of nitrogens with zero attached hydrogens (tertiary/aromatic N) is 4. The van der Waals surface area contributed by atoms with Crippen LogP contribution in [-0.4, -0.2) is 33.2 Å². The number of benzene rings is 1. The minimum Gasteiger partial charge on any atom is -0.377 e. The van der Waals surface area contributed by atoms with E-state index in [0.29, 0.717) is 17.0 Å². The number of nitrogens with one attached hydrogen (secondary N) is 1. The summed E-state index contributed by atoms with van der Waals surface area (Å²) in [5.74, 6) is 0.567. The van der Waals surface area contributed by atoms with Gasteiger partial charge in [0.2, 0.25) is 0 Å². The largest absolute Gasteiger partial charge is 0.377 e. The molecular formula is C15H17N5O2. The molecule has 0 bridgehead atoms. The Morgan fingerprint density at radius 2 is 1.77 bits per heavy atom. The number of para-hydroxylation sites is 1. The van der Waals surface area contributed by atoms with Gasteiger partial charge in [0.1, 0.15) is 11.3 Å². The highest BCUT2D eigenvalue weighted by Crippen LogP contribution is 2.28. The molecule has 0 saturated carbocycles. The van der Waals surface area contributed by atoms with Crippen LogP contribution in [0.4, 0.5) is 5.69 Å². The van der Waals surface area contributed by atoms with E-state index in [0.717, 1.165) is 15.8 Å². The van der Waals surface area contributed by atoms with Crippen molar-refractivity contribution in [3.05, 3.63) is 45.1 Å². The third-order valence-electron chi connectivity index (χ3n) is 3.74. The standard InChI is InChI=1S/C15H17N5O2/c1-18(2)10-8-6-5-7-9(10)12-16-11-13(17-12)19(3)15(22)20(4)14(11)21/h5-8H,1-4H3,(H,16,17). The molecule has 2 heterocycles. The van der Waals surface area contributed by atoms with E-state index in [4.69, 9.17) is 0 Å². The summed E-state index contributed by atoms with van der Waals surface area (Å²) < 4.78 is 2.44. The fourth-order valence-electron chi connectivity index (χ4n) is 2.52. The quantitative estimate of drug-likeness (QED) is 0.755. The number of rotatable bonds is 2. The summed E-state index contributed by atoms with van der Waals surface area (Å²) in [6.07, 6.45) is 0. The molecule has 0 aliphatic carbocycles. The highest BCUT2D eigenvalue weighted by Gasteiger charge is 2.16. The van der Waals surface area contributed by atoms with Crippen molar-refractivity contribution in [2.45, 2.75) is 0 Å². The molecule has 0 radical (unpaired) electrons. The van der Waals surface area contributed by atoms with Gasteiger partial charge in [-0.15, -0.1) is 0 Å². The Labute approximate surface area is 126 Å². The van der Waals surface area contributed by atoms with E-state index >= 15 is 0 Å². The Morgan fingerprint density at radius 1 is 1.09 bits per heavy atom. The SMILES string of the molecule is CN(C)c1ccccc1-c1nc2c([nH]1)c(=O)n(C)c(=O)n2C. The van der Waals surface area contributed by atoms with Crippen LogP contribution in [0.25, 0.3) is 22.6 Å². The van der Waals surface area contributed by atoms with Gasteiger partial charge in [-0.3, -0.25) is 13.9 Å². The number of anilines is 1. The van der Waals surface area contributed by atoms with Gasteiger partial charge in [-0.1, -0.05) is 12.1 Å². The average molecular weight is 299 g/mol. The van der Waals surface area contributed by atoms with Gasteiger partial charge in [0.05, 0.1) is 0 Å². The minimum atomic E-state index is -0.392. The molecule has 114 valence electrons. The molecule has 0 saturated heterocycles. The Kier molecular flexibility index (Phi) is 3.13. The topological polar surface area (TPSA) is 75.9 Å². The number of H-pyrrole nitrogens is 1. The number of fused-ring (bicyclic) bond motifs is 1. The van der Waals surface area contributed by atoms with Crippen molar-refractivity contribution in [1.82, 2.24) is 19.1 Å². The fraction of sp³-hybridized carbons (Fsp3) is 0.267. The van der Waals surface area contributed by atoms with Gasteiger partial charge in [-0.2, -0.15) is 0 Å². The summed E-state index contributed by atoms with van der Waals surface area (Å²) >= 11 is 0. The van der Waals surface area contributed by atoms with Gasteiger partial charge in [0.15, 0.2) is 5.65 Å². The van der Waals surface area contributed by atoms with Crippen LogP contribution < -0.4 is 16.1 Å². The third kappa shape index (κ3) is 1.93. The number of imidazole rings is 1. The van der Waals surface area contributed by atoms with Gasteiger partial charge in [0.25, 0.3) is 5.56 Å². The van der Waals surface area contributed by atoms with Crippen LogP contribution >= 0.6 is 0 Å². The van der Waals surface area contributed by atoms with E-state index in [1.807, 2.05) is 43.3 Å². The molecule has 0 aliphatic rings. The molecule has 0 amide bonds. The summed E-state index contributed by atoms with van der Waals surface area (Å²) in [4.78, 5) is 33.7. The molecular weight excluding hydrogens is 282 g/mol. The van der Waals surface area contributed by atoms with Crippen LogP contribution in [-0.2, 0) is 14.1 Å². The van der Waals surface area contributed by atoms with Gasteiger partial charge in [0, 0.05) is 39.4 Å². The molecule has 1 aromatic carbocycles. The molecule has 7 nitrogen and oxygen atoms in total. The Bertz CT molecular complexity index is 978. The van der Waals surface area contributed by atoms with Crippen molar-refractivity contribution in [2.75, 3.05) is 19.0 Å². The first-order valence-corrected chi connectivity index (χ1v) is 6.84. The smallest absolute Gasteiger partial charge is 0.332 e. The van der Waals surface area contributed by atoms with Gasteiger partial charge in [-0.25, -0.2) is 9.78 Å². The van der Waals surface area contributed by atoms with Crippen molar-refractivity contribution >= 4 is 16.9 Å². The maximum Gasteiger partial charge on any atom is 0.332 e. The first-order valence-electron chi connectivity index (χ1n) is 6.84. The predicted molar refractivity (Wildman–Crippen MR) is 86.3 cm³/mol. The van der Waals surface area contributed by atoms with Gasteiger partial charge < -0.3 is 9.88 Å². The number of aromatic nitrogens is 4. The summed E-state index contributed by atoms with van der Waals surface area (Å²) in [6, 6.07) is 7.75. The lowest BCUT2D eigenvalue weighted by atomic mass is 10.1. The second-order valence-corrected chi connectivity index (χ2v) is 5.40. The molecule has 2 aromatic heterocycles. The zero-order chi connectivity index (χ0) is 16.0. The molecule has 0 fully saturated rings. The molecule has 7 heteroatoms. The molecule has 0 spiro atoms. The van der Waals surface area contributed by atoms with E-state index in [1.165, 1.54) is 11.6 Å². The zero-order valence-electron chi connectivity index (χ0n) is 12.9. The second-order valence-electron chi connectivity index (χ2n) is 5.40. The second kappa shape index (κ2) is 4.87. The molecule has 1 N–H and O–H groups in total. The summed E-state index contributed by atoms with van der Waals surface area (Å²) in [5.41, 5.74) is 1.77. The predicted octanol–water partition coefficient (Wildman–Crippen LogP) is 0.693. The third-order valence-corrected chi connectivity index (χ3v) is 3.74. The highest BCUT2D eigenvalue weighted by atomic mass is 16.2. The summed E-state index contributed by atoms with van der Waals surface area (Å²) in [6.45, 7) is 0. The van der Waals surface area contributed by atoms with Crippen molar-refractivity contribution in [3.63, 3.8) is 0 Å². The van der Waals surface area contributed by atoms with E-state index in [2.05, 4.69) is 9.97 Å². The maximum absolute atomic E-state index is 12.2. The lowest BCUT2D eigenvalue weighted by Crippen LogP contribution is -2.36. The first-order chi connectivity index (χ1) is 10.4. The molecule has 0 unspecified atom stereocenters. The Morgan fingerprint density at radius 3 is 2.45 bits per heavy atom. The monoisotopic (exact) mass is 299 g/mol. The van der Waals surface area contributed by atoms with Crippen molar-refractivity contribution < 1.29 is 0 Å². The van der Waals surface area contributed by atoms with Crippen molar-refractivity contribution in [2.24, 2.45) is 14.1 Å². The van der Waals surface area contributed by atoms with E-state index in [-0.39, 0.29) is 5.56 Å². The van der Waals surface area contributed by atoms with Crippen LogP contribution in [0.3, 0.4) is 0 Å². The lowest BCUT2D eigenvalue weighted by Gasteiger charge is -2.15. The average Bonchev–Trinajstić information content (AvgIpc) is 2.96. The van der Waals surface area contributed by atoms with E-state index in [1.54, 1.807) is 7.05 Å². The van der Waals surface area contributed by atoms with Crippen LogP contribution in [0.1, 0.15) is 0 Å². The maximum atomic E-state index is 12.2. The molecule has 3 aromatic rings. The van der Waals surface area contributed by atoms with Gasteiger partial charge >= 0.3 is 5.69 Å². The molecule has 0 aliphatic heterocycles. The first kappa shape index (κ1) is 14.1.